The highest BCUT2D eigenvalue weighted by atomic mass is 16.6. The number of hydrogen-bond donors (Lipinski definition) is 4. The van der Waals surface area contributed by atoms with Crippen LogP contribution >= 0.6 is 0 Å². The molecule has 0 bridgehead atoms. The number of aliphatic hydroxyl groups is 2. The SMILES string of the molecule is Nc1cn([C@@H]2O[C@@H](CC(c3ccccc3)(c3ccccc3)c3ccccc3)[C@H](O)[C@@H]2O)c(=O)[nH]c1=O. The molecule has 0 amide bonds. The van der Waals surface area contributed by atoms with Crippen LogP contribution in [-0.2, 0) is 10.2 Å². The third kappa shape index (κ3) is 4.05. The van der Waals surface area contributed by atoms with Crippen LogP contribution in [0.1, 0.15) is 29.3 Å². The van der Waals surface area contributed by atoms with Crippen molar-refractivity contribution in [2.45, 2.75) is 36.4 Å². The number of ether oxygens (including phenoxy) is 1. The Labute approximate surface area is 207 Å². The summed E-state index contributed by atoms with van der Waals surface area (Å²) in [5.41, 5.74) is 6.22. The average Bonchev–Trinajstić information content (AvgIpc) is 3.19. The quantitative estimate of drug-likeness (QED) is 0.310. The van der Waals surface area contributed by atoms with E-state index in [9.17, 15) is 19.8 Å². The fraction of sp³-hybridized carbons (Fsp3) is 0.214. The molecule has 0 spiro atoms. The van der Waals surface area contributed by atoms with Gasteiger partial charge >= 0.3 is 5.69 Å². The molecular formula is C28H27N3O5. The molecule has 1 aromatic heterocycles. The Kier molecular flexibility index (Phi) is 6.32. The van der Waals surface area contributed by atoms with Gasteiger partial charge in [-0.1, -0.05) is 91.0 Å². The van der Waals surface area contributed by atoms with E-state index in [2.05, 4.69) is 4.98 Å². The van der Waals surface area contributed by atoms with Crippen molar-refractivity contribution in [2.24, 2.45) is 0 Å². The second-order valence-corrected chi connectivity index (χ2v) is 9.00. The fourth-order valence-corrected chi connectivity index (χ4v) is 5.14. The highest BCUT2D eigenvalue weighted by Gasteiger charge is 2.49. The molecule has 0 aliphatic carbocycles. The summed E-state index contributed by atoms with van der Waals surface area (Å²) in [7, 11) is 0. The Hall–Kier alpha value is -3.98. The molecule has 1 fully saturated rings. The summed E-state index contributed by atoms with van der Waals surface area (Å²) >= 11 is 0. The molecule has 0 saturated carbocycles. The van der Waals surface area contributed by atoms with Crippen molar-refractivity contribution >= 4 is 5.69 Å². The Bertz CT molecular complexity index is 1340. The van der Waals surface area contributed by atoms with Crippen molar-refractivity contribution in [1.82, 2.24) is 9.55 Å². The normalized spacial score (nSPS) is 21.9. The molecular weight excluding hydrogens is 458 g/mol. The van der Waals surface area contributed by atoms with Crippen molar-refractivity contribution in [3.05, 3.63) is 135 Å². The number of nitrogens with two attached hydrogens (primary N) is 1. The molecule has 2 heterocycles. The van der Waals surface area contributed by atoms with E-state index in [-0.39, 0.29) is 12.1 Å². The first-order valence-corrected chi connectivity index (χ1v) is 11.7. The van der Waals surface area contributed by atoms with Crippen LogP contribution in [0.2, 0.25) is 0 Å². The van der Waals surface area contributed by atoms with E-state index in [1.807, 2.05) is 91.0 Å². The van der Waals surface area contributed by atoms with Gasteiger partial charge in [-0.3, -0.25) is 14.3 Å². The first-order valence-electron chi connectivity index (χ1n) is 11.7. The zero-order chi connectivity index (χ0) is 25.3. The van der Waals surface area contributed by atoms with Gasteiger partial charge in [0.25, 0.3) is 5.56 Å². The predicted octanol–water partition coefficient (Wildman–Crippen LogP) is 2.16. The third-order valence-corrected chi connectivity index (χ3v) is 6.91. The molecule has 1 aliphatic heterocycles. The molecule has 184 valence electrons. The summed E-state index contributed by atoms with van der Waals surface area (Å²) in [5, 5.41) is 22.0. The van der Waals surface area contributed by atoms with Gasteiger partial charge in [-0.15, -0.1) is 0 Å². The highest BCUT2D eigenvalue weighted by molar-refractivity contribution is 5.50. The van der Waals surface area contributed by atoms with Gasteiger partial charge in [0.2, 0.25) is 0 Å². The van der Waals surface area contributed by atoms with Gasteiger partial charge in [0.15, 0.2) is 6.23 Å². The van der Waals surface area contributed by atoms with Crippen molar-refractivity contribution < 1.29 is 14.9 Å². The highest BCUT2D eigenvalue weighted by Crippen LogP contribution is 2.46. The summed E-state index contributed by atoms with van der Waals surface area (Å²) in [6.07, 6.45) is -3.40. The van der Waals surface area contributed by atoms with E-state index in [1.165, 1.54) is 0 Å². The van der Waals surface area contributed by atoms with E-state index in [0.29, 0.717) is 0 Å². The average molecular weight is 486 g/mol. The minimum atomic E-state index is -1.42. The summed E-state index contributed by atoms with van der Waals surface area (Å²) in [4.78, 5) is 26.3. The smallest absolute Gasteiger partial charge is 0.330 e. The lowest BCUT2D eigenvalue weighted by Gasteiger charge is -2.38. The van der Waals surface area contributed by atoms with Gasteiger partial charge in [0, 0.05) is 11.6 Å². The fourth-order valence-electron chi connectivity index (χ4n) is 5.14. The second kappa shape index (κ2) is 9.58. The van der Waals surface area contributed by atoms with Crippen LogP contribution in [0, 0.1) is 0 Å². The lowest BCUT2D eigenvalue weighted by molar-refractivity contribution is -0.0449. The first kappa shape index (κ1) is 23.7. The number of aromatic nitrogens is 2. The van der Waals surface area contributed by atoms with Crippen molar-refractivity contribution in [3.63, 3.8) is 0 Å². The van der Waals surface area contributed by atoms with Crippen molar-refractivity contribution in [2.75, 3.05) is 5.73 Å². The van der Waals surface area contributed by atoms with Gasteiger partial charge in [0.05, 0.1) is 6.10 Å². The van der Waals surface area contributed by atoms with E-state index in [4.69, 9.17) is 10.5 Å². The molecule has 8 heteroatoms. The van der Waals surface area contributed by atoms with Crippen LogP contribution in [0.4, 0.5) is 5.69 Å². The number of nitrogen functional groups attached to an aromatic ring is 1. The lowest BCUT2D eigenvalue weighted by Crippen LogP contribution is -2.40. The molecule has 1 aliphatic rings. The summed E-state index contributed by atoms with van der Waals surface area (Å²) < 4.78 is 7.17. The van der Waals surface area contributed by atoms with E-state index in [0.717, 1.165) is 27.5 Å². The molecule has 5 rings (SSSR count). The van der Waals surface area contributed by atoms with E-state index >= 15 is 0 Å². The van der Waals surface area contributed by atoms with E-state index in [1.54, 1.807) is 0 Å². The zero-order valence-corrected chi connectivity index (χ0v) is 19.4. The largest absolute Gasteiger partial charge is 0.393 e. The molecule has 4 atom stereocenters. The molecule has 1 saturated heterocycles. The Morgan fingerprint density at radius 2 is 1.28 bits per heavy atom. The lowest BCUT2D eigenvalue weighted by atomic mass is 9.66. The Balaban J connectivity index is 1.63. The maximum absolute atomic E-state index is 12.5. The van der Waals surface area contributed by atoms with Crippen LogP contribution in [0.15, 0.2) is 107 Å². The van der Waals surface area contributed by atoms with E-state index < -0.39 is 41.2 Å². The van der Waals surface area contributed by atoms with Gasteiger partial charge in [-0.2, -0.15) is 0 Å². The van der Waals surface area contributed by atoms with Gasteiger partial charge in [0.1, 0.15) is 17.9 Å². The number of hydrogen-bond acceptors (Lipinski definition) is 6. The number of rotatable bonds is 6. The minimum Gasteiger partial charge on any atom is -0.393 e. The maximum atomic E-state index is 12.5. The molecule has 3 aromatic carbocycles. The maximum Gasteiger partial charge on any atom is 0.330 e. The predicted molar refractivity (Wildman–Crippen MR) is 135 cm³/mol. The molecule has 5 N–H and O–H groups in total. The van der Waals surface area contributed by atoms with Crippen molar-refractivity contribution in [3.8, 4) is 0 Å². The summed E-state index contributed by atoms with van der Waals surface area (Å²) in [6.45, 7) is 0. The van der Waals surface area contributed by atoms with Gasteiger partial charge in [-0.05, 0) is 23.1 Å². The van der Waals surface area contributed by atoms with Gasteiger partial charge < -0.3 is 20.7 Å². The van der Waals surface area contributed by atoms with Crippen LogP contribution in [0.3, 0.4) is 0 Å². The molecule has 36 heavy (non-hydrogen) atoms. The first-order chi connectivity index (χ1) is 17.4. The van der Waals surface area contributed by atoms with Crippen LogP contribution in [0.5, 0.6) is 0 Å². The second-order valence-electron chi connectivity index (χ2n) is 9.00. The number of anilines is 1. The third-order valence-electron chi connectivity index (χ3n) is 6.91. The van der Waals surface area contributed by atoms with Crippen molar-refractivity contribution in [1.29, 1.82) is 0 Å². The number of nitrogens with zero attached hydrogens (tertiary/aromatic N) is 1. The van der Waals surface area contributed by atoms with Crippen LogP contribution in [0.25, 0.3) is 0 Å². The monoisotopic (exact) mass is 485 g/mol. The topological polar surface area (TPSA) is 131 Å². The number of nitrogens with one attached hydrogen (secondary N) is 1. The van der Waals surface area contributed by atoms with Crippen LogP contribution in [-0.4, -0.2) is 38.1 Å². The van der Waals surface area contributed by atoms with Crippen LogP contribution < -0.4 is 17.0 Å². The van der Waals surface area contributed by atoms with Gasteiger partial charge in [-0.25, -0.2) is 4.79 Å². The number of aliphatic hydroxyl groups excluding tert-OH is 2. The standard InChI is InChI=1S/C28H27N3O5/c29-21-17-31(27(35)30-25(21)34)26-24(33)23(32)22(36-26)16-28(18-10-4-1-5-11-18,19-12-6-2-7-13-19)20-14-8-3-9-15-20/h1-15,17,22-24,26,32-33H,16,29H2,(H,30,34,35)/t22-,23-,24-,26+/m0/s1. The summed E-state index contributed by atoms with van der Waals surface area (Å²) in [6, 6.07) is 29.8. The number of H-pyrrole nitrogens is 1. The summed E-state index contributed by atoms with van der Waals surface area (Å²) in [5.74, 6) is 0. The Morgan fingerprint density at radius 3 is 1.75 bits per heavy atom. The number of aromatic amines is 1. The Morgan fingerprint density at radius 1 is 0.806 bits per heavy atom. The molecule has 0 unspecified atom stereocenters. The minimum absolute atomic E-state index is 0.199. The molecule has 8 nitrogen and oxygen atoms in total. The molecule has 0 radical (unpaired) electrons. The molecule has 4 aromatic rings. The zero-order valence-electron chi connectivity index (χ0n) is 19.4. The number of benzene rings is 3.